The van der Waals surface area contributed by atoms with Crippen molar-refractivity contribution in [2.75, 3.05) is 37.7 Å². The molecule has 1 aliphatic carbocycles. The third-order valence-electron chi connectivity index (χ3n) is 7.92. The first kappa shape index (κ1) is 19.9. The minimum atomic E-state index is -0.0159. The average molecular weight is 434 g/mol. The van der Waals surface area contributed by atoms with Crippen molar-refractivity contribution in [1.29, 1.82) is 0 Å². The smallest absolute Gasteiger partial charge is 0.255 e. The van der Waals surface area contributed by atoms with Crippen molar-refractivity contribution in [1.82, 2.24) is 9.88 Å². The van der Waals surface area contributed by atoms with Crippen molar-refractivity contribution in [2.24, 2.45) is 0 Å². The Hall–Kier alpha value is -2.76. The van der Waals surface area contributed by atoms with Gasteiger partial charge in [0.05, 0.1) is 11.6 Å². The summed E-state index contributed by atoms with van der Waals surface area (Å²) in [6, 6.07) is 8.28. The SMILES string of the molecule is CC1c2cc3c(cc2C2(CCCC2)CN1C(=O)c1ccc(N2CCCC2)nc1)OCCO3. The van der Waals surface area contributed by atoms with Crippen LogP contribution in [0.1, 0.15) is 73.0 Å². The molecule has 2 fully saturated rings. The standard InChI is InChI=1S/C26H31N3O3/c1-18-20-14-22-23(32-13-12-31-22)15-21(20)26(8-2-3-9-26)17-29(18)25(30)19-6-7-24(27-16-19)28-10-4-5-11-28/h6-7,14-16,18H,2-5,8-13,17H2,1H3. The summed E-state index contributed by atoms with van der Waals surface area (Å²) in [5, 5.41) is 0. The van der Waals surface area contributed by atoms with E-state index < -0.39 is 0 Å². The van der Waals surface area contributed by atoms with Crippen LogP contribution in [0.2, 0.25) is 0 Å². The largest absolute Gasteiger partial charge is 0.486 e. The first-order chi connectivity index (χ1) is 15.6. The molecule has 3 aliphatic heterocycles. The lowest BCUT2D eigenvalue weighted by Gasteiger charge is -2.46. The predicted molar refractivity (Wildman–Crippen MR) is 123 cm³/mol. The molecule has 1 spiro atoms. The number of pyridine rings is 1. The molecule has 1 aromatic heterocycles. The molecule has 2 aromatic rings. The predicted octanol–water partition coefficient (Wildman–Crippen LogP) is 4.48. The van der Waals surface area contributed by atoms with Gasteiger partial charge in [-0.2, -0.15) is 0 Å². The number of amides is 1. The molecule has 0 N–H and O–H groups in total. The summed E-state index contributed by atoms with van der Waals surface area (Å²) >= 11 is 0. The minimum absolute atomic E-state index is 0.0102. The van der Waals surface area contributed by atoms with E-state index in [4.69, 9.17) is 9.47 Å². The Labute approximate surface area is 189 Å². The van der Waals surface area contributed by atoms with Crippen molar-refractivity contribution in [3.63, 3.8) is 0 Å². The molecule has 0 radical (unpaired) electrons. The maximum absolute atomic E-state index is 13.7. The maximum atomic E-state index is 13.7. The van der Waals surface area contributed by atoms with Crippen molar-refractivity contribution < 1.29 is 14.3 Å². The number of carbonyl (C=O) groups is 1. The third-order valence-corrected chi connectivity index (χ3v) is 7.92. The van der Waals surface area contributed by atoms with Crippen LogP contribution in [0.4, 0.5) is 5.82 Å². The molecule has 4 aliphatic rings. The van der Waals surface area contributed by atoms with Crippen LogP contribution in [-0.4, -0.2) is 48.6 Å². The van der Waals surface area contributed by atoms with Gasteiger partial charge < -0.3 is 19.3 Å². The summed E-state index contributed by atoms with van der Waals surface area (Å²) in [5.74, 6) is 2.72. The molecule has 6 rings (SSSR count). The highest BCUT2D eigenvalue weighted by Gasteiger charge is 2.46. The highest BCUT2D eigenvalue weighted by Crippen LogP contribution is 2.52. The average Bonchev–Trinajstić information content (AvgIpc) is 3.54. The van der Waals surface area contributed by atoms with E-state index >= 15 is 0 Å². The van der Waals surface area contributed by atoms with Crippen LogP contribution in [0.25, 0.3) is 0 Å². The lowest BCUT2D eigenvalue weighted by molar-refractivity contribution is 0.0593. The van der Waals surface area contributed by atoms with Gasteiger partial charge in [-0.25, -0.2) is 4.98 Å². The second-order valence-corrected chi connectivity index (χ2v) is 9.78. The molecule has 6 heteroatoms. The Morgan fingerprint density at radius 3 is 2.44 bits per heavy atom. The van der Waals surface area contributed by atoms with Crippen LogP contribution in [0.3, 0.4) is 0 Å². The molecule has 1 unspecified atom stereocenters. The van der Waals surface area contributed by atoms with Crippen molar-refractivity contribution in [3.8, 4) is 11.5 Å². The molecule has 0 bridgehead atoms. The fourth-order valence-electron chi connectivity index (χ4n) is 6.16. The Kier molecular flexibility index (Phi) is 4.77. The number of ether oxygens (including phenoxy) is 2. The van der Waals surface area contributed by atoms with Gasteiger partial charge in [0.25, 0.3) is 5.91 Å². The van der Waals surface area contributed by atoms with Gasteiger partial charge >= 0.3 is 0 Å². The monoisotopic (exact) mass is 433 g/mol. The molecular weight excluding hydrogens is 402 g/mol. The number of fused-ring (bicyclic) bond motifs is 3. The molecule has 1 aromatic carbocycles. The number of rotatable bonds is 2. The number of anilines is 1. The van der Waals surface area contributed by atoms with E-state index in [-0.39, 0.29) is 17.4 Å². The highest BCUT2D eigenvalue weighted by molar-refractivity contribution is 5.94. The van der Waals surface area contributed by atoms with Crippen LogP contribution in [0.5, 0.6) is 11.5 Å². The molecule has 32 heavy (non-hydrogen) atoms. The molecule has 168 valence electrons. The minimum Gasteiger partial charge on any atom is -0.486 e. The van der Waals surface area contributed by atoms with Crippen LogP contribution >= 0.6 is 0 Å². The summed E-state index contributed by atoms with van der Waals surface area (Å²) in [6.07, 6.45) is 8.84. The van der Waals surface area contributed by atoms with Gasteiger partial charge in [0.1, 0.15) is 19.0 Å². The number of hydrogen-bond donors (Lipinski definition) is 0. The number of carbonyl (C=O) groups excluding carboxylic acids is 1. The zero-order valence-corrected chi connectivity index (χ0v) is 18.8. The van der Waals surface area contributed by atoms with Gasteiger partial charge in [-0.1, -0.05) is 12.8 Å². The topological polar surface area (TPSA) is 54.9 Å². The molecule has 4 heterocycles. The summed E-state index contributed by atoms with van der Waals surface area (Å²) < 4.78 is 11.8. The van der Waals surface area contributed by atoms with Crippen molar-refractivity contribution in [2.45, 2.75) is 56.9 Å². The number of benzene rings is 1. The first-order valence-corrected chi connectivity index (χ1v) is 12.1. The second kappa shape index (κ2) is 7.68. The van der Waals surface area contributed by atoms with Crippen molar-refractivity contribution >= 4 is 11.7 Å². The third kappa shape index (κ3) is 3.14. The van der Waals surface area contributed by atoms with E-state index in [9.17, 15) is 4.79 Å². The van der Waals surface area contributed by atoms with Crippen LogP contribution in [0, 0.1) is 0 Å². The summed E-state index contributed by atoms with van der Waals surface area (Å²) in [4.78, 5) is 22.7. The van der Waals surface area contributed by atoms with Crippen LogP contribution in [0.15, 0.2) is 30.5 Å². The van der Waals surface area contributed by atoms with E-state index in [1.54, 1.807) is 6.20 Å². The Morgan fingerprint density at radius 2 is 1.75 bits per heavy atom. The Morgan fingerprint density at radius 1 is 1.03 bits per heavy atom. The quantitative estimate of drug-likeness (QED) is 0.699. The van der Waals surface area contributed by atoms with E-state index in [2.05, 4.69) is 33.8 Å². The van der Waals surface area contributed by atoms with E-state index in [1.165, 1.54) is 36.8 Å². The maximum Gasteiger partial charge on any atom is 0.255 e. The fourth-order valence-corrected chi connectivity index (χ4v) is 6.16. The van der Waals surface area contributed by atoms with E-state index in [0.29, 0.717) is 18.8 Å². The molecule has 6 nitrogen and oxygen atoms in total. The number of aromatic nitrogens is 1. The van der Waals surface area contributed by atoms with Gasteiger partial charge in [0.15, 0.2) is 11.5 Å². The Balaban J connectivity index is 1.34. The first-order valence-electron chi connectivity index (χ1n) is 12.1. The zero-order chi connectivity index (χ0) is 21.7. The van der Waals surface area contributed by atoms with E-state index in [1.807, 2.05) is 12.1 Å². The lowest BCUT2D eigenvalue weighted by atomic mass is 9.71. The Bertz CT molecular complexity index is 1020. The second-order valence-electron chi connectivity index (χ2n) is 9.78. The van der Waals surface area contributed by atoms with E-state index in [0.717, 1.165) is 49.8 Å². The molecular formula is C26H31N3O3. The fraction of sp³-hybridized carbons (Fsp3) is 0.538. The number of nitrogens with zero attached hydrogens (tertiary/aromatic N) is 3. The summed E-state index contributed by atoms with van der Waals surface area (Å²) in [5.41, 5.74) is 3.25. The van der Waals surface area contributed by atoms with Crippen molar-refractivity contribution in [3.05, 3.63) is 47.2 Å². The van der Waals surface area contributed by atoms with Gasteiger partial charge in [-0.05, 0) is 68.0 Å². The van der Waals surface area contributed by atoms with Crippen LogP contribution in [-0.2, 0) is 5.41 Å². The van der Waals surface area contributed by atoms with Gasteiger partial charge in [-0.15, -0.1) is 0 Å². The van der Waals surface area contributed by atoms with Gasteiger partial charge in [0, 0.05) is 31.2 Å². The summed E-state index contributed by atoms with van der Waals surface area (Å²) in [6.45, 7) is 6.17. The number of hydrogen-bond acceptors (Lipinski definition) is 5. The van der Waals surface area contributed by atoms with Gasteiger partial charge in [-0.3, -0.25) is 4.79 Å². The molecule has 1 saturated heterocycles. The van der Waals surface area contributed by atoms with Gasteiger partial charge in [0.2, 0.25) is 0 Å². The zero-order valence-electron chi connectivity index (χ0n) is 18.8. The van der Waals surface area contributed by atoms with Crippen LogP contribution < -0.4 is 14.4 Å². The molecule has 1 saturated carbocycles. The highest BCUT2D eigenvalue weighted by atomic mass is 16.6. The molecule has 1 amide bonds. The lowest BCUT2D eigenvalue weighted by Crippen LogP contribution is -2.48. The normalized spacial score (nSPS) is 23.5. The summed E-state index contributed by atoms with van der Waals surface area (Å²) in [7, 11) is 0. The molecule has 1 atom stereocenters.